The highest BCUT2D eigenvalue weighted by atomic mass is 16.2. The summed E-state index contributed by atoms with van der Waals surface area (Å²) in [5.41, 5.74) is 5.86. The smallest absolute Gasteiger partial charge is 0.312 e. The molecule has 0 bridgehead atoms. The molecule has 0 aliphatic rings. The molecule has 1 aromatic rings. The van der Waals surface area contributed by atoms with Crippen molar-refractivity contribution in [1.29, 1.82) is 0 Å². The molecule has 0 aliphatic carbocycles. The van der Waals surface area contributed by atoms with E-state index in [9.17, 15) is 9.59 Å². The zero-order valence-corrected chi connectivity index (χ0v) is 9.07. The van der Waals surface area contributed by atoms with Gasteiger partial charge in [0.05, 0.1) is 12.6 Å². The largest absolute Gasteiger partial charge is 0.352 e. The topological polar surface area (TPSA) is 84.2 Å². The summed E-state index contributed by atoms with van der Waals surface area (Å²) in [7, 11) is 0. The second kappa shape index (κ2) is 5.75. The number of rotatable bonds is 4. The Kier molecular flexibility index (Phi) is 4.32. The van der Waals surface area contributed by atoms with Gasteiger partial charge in [-0.25, -0.2) is 4.79 Å². The molecule has 86 valence electrons. The van der Waals surface area contributed by atoms with E-state index in [4.69, 9.17) is 5.73 Å². The molecule has 0 saturated carbocycles. The number of hydrogen-bond donors (Lipinski definition) is 3. The molecule has 0 fully saturated rings. The monoisotopic (exact) mass is 221 g/mol. The molecule has 0 saturated heterocycles. The Morgan fingerprint density at radius 1 is 1.31 bits per heavy atom. The van der Waals surface area contributed by atoms with Gasteiger partial charge < -0.3 is 16.4 Å². The molecular weight excluding hydrogens is 206 g/mol. The first kappa shape index (κ1) is 12.0. The van der Waals surface area contributed by atoms with Gasteiger partial charge in [-0.1, -0.05) is 30.3 Å². The van der Waals surface area contributed by atoms with Crippen LogP contribution in [0.1, 0.15) is 18.5 Å². The number of nitrogens with one attached hydrogen (secondary N) is 2. The van der Waals surface area contributed by atoms with Crippen molar-refractivity contribution in [2.24, 2.45) is 5.73 Å². The molecule has 0 heterocycles. The van der Waals surface area contributed by atoms with Crippen LogP contribution in [0.4, 0.5) is 4.79 Å². The third-order valence-electron chi connectivity index (χ3n) is 2.10. The summed E-state index contributed by atoms with van der Waals surface area (Å²) in [5, 5.41) is 4.97. The average Bonchev–Trinajstić information content (AvgIpc) is 2.27. The van der Waals surface area contributed by atoms with Crippen molar-refractivity contribution in [3.05, 3.63) is 35.9 Å². The Bertz CT molecular complexity index is 365. The standard InChI is InChI=1S/C11H15N3O2/c1-8(9-5-3-2-4-6-9)14-10(15)7-13-11(12)16/h2-6,8H,7H2,1H3,(H,14,15)(H3,12,13,16). The number of carbonyl (C=O) groups excluding carboxylic acids is 2. The van der Waals surface area contributed by atoms with Crippen molar-refractivity contribution < 1.29 is 9.59 Å². The highest BCUT2D eigenvalue weighted by Crippen LogP contribution is 2.10. The molecule has 16 heavy (non-hydrogen) atoms. The third-order valence-corrected chi connectivity index (χ3v) is 2.10. The lowest BCUT2D eigenvalue weighted by atomic mass is 10.1. The molecule has 1 aromatic carbocycles. The van der Waals surface area contributed by atoms with Crippen LogP contribution in [0.5, 0.6) is 0 Å². The van der Waals surface area contributed by atoms with Gasteiger partial charge in [0, 0.05) is 0 Å². The van der Waals surface area contributed by atoms with Crippen LogP contribution in [-0.4, -0.2) is 18.5 Å². The van der Waals surface area contributed by atoms with E-state index in [1.165, 1.54) is 0 Å². The summed E-state index contributed by atoms with van der Waals surface area (Å²) in [4.78, 5) is 21.7. The van der Waals surface area contributed by atoms with E-state index in [-0.39, 0.29) is 18.5 Å². The highest BCUT2D eigenvalue weighted by Gasteiger charge is 2.08. The van der Waals surface area contributed by atoms with Gasteiger partial charge in [0.25, 0.3) is 0 Å². The maximum Gasteiger partial charge on any atom is 0.312 e. The van der Waals surface area contributed by atoms with Gasteiger partial charge in [-0.3, -0.25) is 4.79 Å². The fraction of sp³-hybridized carbons (Fsp3) is 0.273. The first-order chi connectivity index (χ1) is 7.59. The highest BCUT2D eigenvalue weighted by molar-refractivity contribution is 5.83. The van der Waals surface area contributed by atoms with Crippen molar-refractivity contribution in [3.63, 3.8) is 0 Å². The van der Waals surface area contributed by atoms with E-state index in [2.05, 4.69) is 10.6 Å². The molecule has 0 spiro atoms. The number of hydrogen-bond acceptors (Lipinski definition) is 2. The summed E-state index contributed by atoms with van der Waals surface area (Å²) in [5.74, 6) is -0.268. The number of carbonyl (C=O) groups is 2. The summed E-state index contributed by atoms with van der Waals surface area (Å²) in [6.45, 7) is 1.77. The van der Waals surface area contributed by atoms with Gasteiger partial charge >= 0.3 is 6.03 Å². The zero-order valence-electron chi connectivity index (χ0n) is 9.07. The molecular formula is C11H15N3O2. The molecule has 3 amide bonds. The first-order valence-corrected chi connectivity index (χ1v) is 4.97. The van der Waals surface area contributed by atoms with Crippen LogP contribution in [0.25, 0.3) is 0 Å². The number of urea groups is 1. The second-order valence-electron chi connectivity index (χ2n) is 3.42. The number of nitrogens with two attached hydrogens (primary N) is 1. The summed E-state index contributed by atoms with van der Waals surface area (Å²) in [6, 6.07) is 8.76. The normalized spacial score (nSPS) is 11.6. The van der Waals surface area contributed by atoms with Crippen LogP contribution in [0.15, 0.2) is 30.3 Å². The van der Waals surface area contributed by atoms with Gasteiger partial charge in [0.2, 0.25) is 5.91 Å². The van der Waals surface area contributed by atoms with Crippen molar-refractivity contribution in [1.82, 2.24) is 10.6 Å². The lowest BCUT2D eigenvalue weighted by molar-refractivity contribution is -0.120. The van der Waals surface area contributed by atoms with Crippen molar-refractivity contribution in [2.75, 3.05) is 6.54 Å². The Labute approximate surface area is 94.0 Å². The molecule has 1 unspecified atom stereocenters. The van der Waals surface area contributed by atoms with E-state index in [1.54, 1.807) is 0 Å². The molecule has 5 heteroatoms. The lowest BCUT2D eigenvalue weighted by Gasteiger charge is -2.14. The molecule has 0 aromatic heterocycles. The number of amides is 3. The minimum Gasteiger partial charge on any atom is -0.352 e. The van der Waals surface area contributed by atoms with Crippen molar-refractivity contribution >= 4 is 11.9 Å². The number of primary amides is 1. The second-order valence-corrected chi connectivity index (χ2v) is 3.42. The zero-order chi connectivity index (χ0) is 12.0. The first-order valence-electron chi connectivity index (χ1n) is 4.97. The van der Waals surface area contributed by atoms with Crippen LogP contribution >= 0.6 is 0 Å². The van der Waals surface area contributed by atoms with Crippen LogP contribution in [-0.2, 0) is 4.79 Å². The van der Waals surface area contributed by atoms with E-state index in [0.717, 1.165) is 5.56 Å². The minimum atomic E-state index is -0.706. The van der Waals surface area contributed by atoms with Gasteiger partial charge in [0.1, 0.15) is 0 Å². The molecule has 1 rings (SSSR count). The average molecular weight is 221 g/mol. The minimum absolute atomic E-state index is 0.0941. The maximum absolute atomic E-state index is 11.3. The summed E-state index contributed by atoms with van der Waals surface area (Å²) < 4.78 is 0. The predicted molar refractivity (Wildman–Crippen MR) is 60.6 cm³/mol. The van der Waals surface area contributed by atoms with E-state index >= 15 is 0 Å². The molecule has 5 nitrogen and oxygen atoms in total. The number of benzene rings is 1. The Morgan fingerprint density at radius 3 is 2.50 bits per heavy atom. The van der Waals surface area contributed by atoms with Crippen LogP contribution < -0.4 is 16.4 Å². The van der Waals surface area contributed by atoms with E-state index < -0.39 is 6.03 Å². The quantitative estimate of drug-likeness (QED) is 0.693. The van der Waals surface area contributed by atoms with Gasteiger partial charge in [-0.15, -0.1) is 0 Å². The van der Waals surface area contributed by atoms with E-state index in [1.807, 2.05) is 37.3 Å². The van der Waals surface area contributed by atoms with Crippen LogP contribution in [0, 0.1) is 0 Å². The van der Waals surface area contributed by atoms with Crippen molar-refractivity contribution in [2.45, 2.75) is 13.0 Å². The molecule has 4 N–H and O–H groups in total. The Hall–Kier alpha value is -2.04. The Balaban J connectivity index is 2.43. The van der Waals surface area contributed by atoms with E-state index in [0.29, 0.717) is 0 Å². The van der Waals surface area contributed by atoms with Crippen LogP contribution in [0.2, 0.25) is 0 Å². The predicted octanol–water partition coefficient (Wildman–Crippen LogP) is 0.532. The van der Waals surface area contributed by atoms with Gasteiger partial charge in [-0.2, -0.15) is 0 Å². The fourth-order valence-corrected chi connectivity index (χ4v) is 1.28. The SMILES string of the molecule is CC(NC(=O)CNC(N)=O)c1ccccc1. The maximum atomic E-state index is 11.3. The van der Waals surface area contributed by atoms with Gasteiger partial charge in [-0.05, 0) is 12.5 Å². The summed E-state index contributed by atoms with van der Waals surface area (Å²) in [6.07, 6.45) is 0. The molecule has 0 radical (unpaired) electrons. The lowest BCUT2D eigenvalue weighted by Crippen LogP contribution is -2.40. The third kappa shape index (κ3) is 4.00. The van der Waals surface area contributed by atoms with Gasteiger partial charge in [0.15, 0.2) is 0 Å². The Morgan fingerprint density at radius 2 is 1.94 bits per heavy atom. The van der Waals surface area contributed by atoms with Crippen molar-refractivity contribution in [3.8, 4) is 0 Å². The van der Waals surface area contributed by atoms with Crippen LogP contribution in [0.3, 0.4) is 0 Å². The fourth-order valence-electron chi connectivity index (χ4n) is 1.28. The summed E-state index contributed by atoms with van der Waals surface area (Å²) >= 11 is 0. The molecule has 1 atom stereocenters. The molecule has 0 aliphatic heterocycles.